The Labute approximate surface area is 103 Å². The van der Waals surface area contributed by atoms with E-state index in [4.69, 9.17) is 45.3 Å². The second-order valence-electron chi connectivity index (χ2n) is 3.53. The van der Waals surface area contributed by atoms with E-state index in [9.17, 15) is 9.90 Å². The first-order chi connectivity index (χ1) is 6.82. The number of hydrogen-bond donors (Lipinski definition) is 2. The van der Waals surface area contributed by atoms with E-state index >= 15 is 0 Å². The van der Waals surface area contributed by atoms with Gasteiger partial charge in [-0.25, -0.2) is 4.79 Å². The zero-order chi connectivity index (χ0) is 11.6. The van der Waals surface area contributed by atoms with Gasteiger partial charge in [0.25, 0.3) is 3.79 Å². The summed E-state index contributed by atoms with van der Waals surface area (Å²) in [5.41, 5.74) is 5.61. The molecule has 4 nitrogen and oxygen atoms in total. The topological polar surface area (TPSA) is 72.5 Å². The van der Waals surface area contributed by atoms with E-state index in [1.165, 1.54) is 0 Å². The molecule has 1 aliphatic carbocycles. The van der Waals surface area contributed by atoms with E-state index in [1.807, 2.05) is 0 Å². The first kappa shape index (κ1) is 13.3. The summed E-state index contributed by atoms with van der Waals surface area (Å²) in [6, 6.07) is -0.396. The SMILES string of the molecule is N[C@@H]1CCC[C@@H](OC(=O)C(Cl)(Cl)Cl)[C@@H]1O. The van der Waals surface area contributed by atoms with Crippen molar-refractivity contribution >= 4 is 40.8 Å². The Morgan fingerprint density at radius 1 is 1.40 bits per heavy atom. The summed E-state index contributed by atoms with van der Waals surface area (Å²) in [5.74, 6) is -0.981. The van der Waals surface area contributed by atoms with Crippen molar-refractivity contribution in [1.82, 2.24) is 0 Å². The van der Waals surface area contributed by atoms with E-state index in [-0.39, 0.29) is 0 Å². The molecule has 1 fully saturated rings. The quantitative estimate of drug-likeness (QED) is 0.556. The molecule has 0 bridgehead atoms. The Hall–Kier alpha value is 0.260. The lowest BCUT2D eigenvalue weighted by atomic mass is 9.90. The molecular weight excluding hydrogens is 264 g/mol. The summed E-state index contributed by atoms with van der Waals surface area (Å²) in [6.07, 6.45) is 0.423. The van der Waals surface area contributed by atoms with Crippen LogP contribution < -0.4 is 5.73 Å². The van der Waals surface area contributed by atoms with E-state index in [1.54, 1.807) is 0 Å². The van der Waals surface area contributed by atoms with E-state index in [0.717, 1.165) is 6.42 Å². The van der Waals surface area contributed by atoms with Crippen molar-refractivity contribution in [1.29, 1.82) is 0 Å². The third kappa shape index (κ3) is 3.64. The maximum atomic E-state index is 11.2. The summed E-state index contributed by atoms with van der Waals surface area (Å²) in [6.45, 7) is 0. The van der Waals surface area contributed by atoms with Crippen molar-refractivity contribution in [3.8, 4) is 0 Å². The average Bonchev–Trinajstić information content (AvgIpc) is 2.11. The van der Waals surface area contributed by atoms with Crippen LogP contribution in [-0.2, 0) is 9.53 Å². The molecule has 15 heavy (non-hydrogen) atoms. The van der Waals surface area contributed by atoms with Gasteiger partial charge in [0.05, 0.1) is 0 Å². The first-order valence-corrected chi connectivity index (χ1v) is 5.67. The fourth-order valence-corrected chi connectivity index (χ4v) is 1.64. The Bertz CT molecular complexity index is 244. The molecule has 1 aliphatic rings. The highest BCUT2D eigenvalue weighted by Gasteiger charge is 2.38. The standard InChI is InChI=1S/C8H12Cl3NO3/c9-8(10,11)7(14)15-5-3-1-2-4(12)6(5)13/h4-6,13H,1-3,12H2/t4-,5-,6-/m1/s1. The second-order valence-corrected chi connectivity index (χ2v) is 5.81. The summed E-state index contributed by atoms with van der Waals surface area (Å²) >= 11 is 16.0. The molecule has 0 spiro atoms. The van der Waals surface area contributed by atoms with Crippen molar-refractivity contribution in [2.75, 3.05) is 0 Å². The minimum atomic E-state index is -2.11. The fraction of sp³-hybridized carbons (Fsp3) is 0.875. The number of halogens is 3. The van der Waals surface area contributed by atoms with Crippen LogP contribution in [0.25, 0.3) is 0 Å². The van der Waals surface area contributed by atoms with Gasteiger partial charge in [-0.3, -0.25) is 0 Å². The smallest absolute Gasteiger partial charge is 0.358 e. The molecular formula is C8H12Cl3NO3. The number of ether oxygens (including phenoxy) is 1. The van der Waals surface area contributed by atoms with E-state index in [2.05, 4.69) is 0 Å². The molecule has 1 rings (SSSR count). The molecule has 0 radical (unpaired) electrons. The molecule has 3 atom stereocenters. The zero-order valence-corrected chi connectivity index (χ0v) is 10.1. The maximum Gasteiger partial charge on any atom is 0.358 e. The molecule has 3 N–H and O–H groups in total. The summed E-state index contributed by atoms with van der Waals surface area (Å²) < 4.78 is 2.76. The van der Waals surface area contributed by atoms with Gasteiger partial charge in [-0.15, -0.1) is 0 Å². The van der Waals surface area contributed by atoms with Crippen molar-refractivity contribution < 1.29 is 14.6 Å². The second kappa shape index (κ2) is 5.06. The number of aliphatic hydroxyl groups is 1. The Morgan fingerprint density at radius 2 is 2.00 bits per heavy atom. The van der Waals surface area contributed by atoms with Gasteiger partial charge in [-0.1, -0.05) is 34.8 Å². The van der Waals surface area contributed by atoms with Crippen LogP contribution in [0.5, 0.6) is 0 Å². The molecule has 0 aliphatic heterocycles. The molecule has 0 aromatic rings. The van der Waals surface area contributed by atoms with Gasteiger partial charge < -0.3 is 15.6 Å². The molecule has 0 saturated heterocycles. The zero-order valence-electron chi connectivity index (χ0n) is 7.83. The van der Waals surface area contributed by atoms with Crippen LogP contribution in [0.2, 0.25) is 0 Å². The van der Waals surface area contributed by atoms with Crippen molar-refractivity contribution in [2.45, 2.75) is 41.3 Å². The van der Waals surface area contributed by atoms with Crippen molar-refractivity contribution in [3.63, 3.8) is 0 Å². The lowest BCUT2D eigenvalue weighted by molar-refractivity contribution is -0.157. The van der Waals surface area contributed by atoms with Gasteiger partial charge in [0.1, 0.15) is 12.2 Å². The molecule has 0 aromatic heterocycles. The number of hydrogen-bond acceptors (Lipinski definition) is 4. The largest absolute Gasteiger partial charge is 0.456 e. The first-order valence-electron chi connectivity index (χ1n) is 4.54. The van der Waals surface area contributed by atoms with Gasteiger partial charge in [0.2, 0.25) is 0 Å². The number of carbonyl (C=O) groups excluding carboxylic acids is 1. The number of aliphatic hydroxyl groups excluding tert-OH is 1. The maximum absolute atomic E-state index is 11.2. The number of nitrogens with two attached hydrogens (primary N) is 1. The molecule has 0 amide bonds. The number of rotatable bonds is 1. The molecule has 0 aromatic carbocycles. The van der Waals surface area contributed by atoms with Gasteiger partial charge in [0.15, 0.2) is 0 Å². The third-order valence-corrected chi connectivity index (χ3v) is 2.80. The van der Waals surface area contributed by atoms with Crippen LogP contribution in [0.15, 0.2) is 0 Å². The molecule has 1 saturated carbocycles. The van der Waals surface area contributed by atoms with Gasteiger partial charge in [0, 0.05) is 6.04 Å². The lowest BCUT2D eigenvalue weighted by Gasteiger charge is -2.32. The number of esters is 1. The predicted octanol–water partition coefficient (Wildman–Crippen LogP) is 1.14. The molecule has 0 heterocycles. The number of carbonyl (C=O) groups is 1. The van der Waals surface area contributed by atoms with Crippen LogP contribution in [0, 0.1) is 0 Å². The minimum absolute atomic E-state index is 0.396. The van der Waals surface area contributed by atoms with Crippen molar-refractivity contribution in [2.24, 2.45) is 5.73 Å². The third-order valence-electron chi connectivity index (χ3n) is 2.34. The van der Waals surface area contributed by atoms with E-state index < -0.39 is 28.0 Å². The number of alkyl halides is 3. The summed E-state index contributed by atoms with van der Waals surface area (Å²) in [5, 5.41) is 9.62. The average molecular weight is 277 g/mol. The minimum Gasteiger partial charge on any atom is -0.456 e. The monoisotopic (exact) mass is 275 g/mol. The summed E-state index contributed by atoms with van der Waals surface area (Å²) in [4.78, 5) is 11.2. The summed E-state index contributed by atoms with van der Waals surface area (Å²) in [7, 11) is 0. The highest BCUT2D eigenvalue weighted by atomic mass is 35.6. The molecule has 88 valence electrons. The van der Waals surface area contributed by atoms with Crippen LogP contribution in [-0.4, -0.2) is 33.1 Å². The lowest BCUT2D eigenvalue weighted by Crippen LogP contribution is -2.48. The fourth-order valence-electron chi connectivity index (χ4n) is 1.50. The predicted molar refractivity (Wildman–Crippen MR) is 58.0 cm³/mol. The normalized spacial score (nSPS) is 32.5. The Kier molecular flexibility index (Phi) is 4.50. The molecule has 7 heteroatoms. The highest BCUT2D eigenvalue weighted by molar-refractivity contribution is 6.75. The molecule has 0 unspecified atom stereocenters. The van der Waals surface area contributed by atoms with Crippen LogP contribution >= 0.6 is 34.8 Å². The highest BCUT2D eigenvalue weighted by Crippen LogP contribution is 2.30. The van der Waals surface area contributed by atoms with Gasteiger partial charge in [-0.05, 0) is 19.3 Å². The van der Waals surface area contributed by atoms with Gasteiger partial charge >= 0.3 is 5.97 Å². The van der Waals surface area contributed by atoms with Crippen LogP contribution in [0.1, 0.15) is 19.3 Å². The Balaban J connectivity index is 2.54. The van der Waals surface area contributed by atoms with Crippen LogP contribution in [0.3, 0.4) is 0 Å². The van der Waals surface area contributed by atoms with Crippen molar-refractivity contribution in [3.05, 3.63) is 0 Å². The Morgan fingerprint density at radius 3 is 2.53 bits per heavy atom. The van der Waals surface area contributed by atoms with E-state index in [0.29, 0.717) is 12.8 Å². The van der Waals surface area contributed by atoms with Gasteiger partial charge in [-0.2, -0.15) is 0 Å². The van der Waals surface area contributed by atoms with Crippen LogP contribution in [0.4, 0.5) is 0 Å².